The number of hydrogen-bond donors (Lipinski definition) is 1. The predicted molar refractivity (Wildman–Crippen MR) is 120 cm³/mol. The van der Waals surface area contributed by atoms with Gasteiger partial charge in [-0.2, -0.15) is 8.42 Å². The summed E-state index contributed by atoms with van der Waals surface area (Å²) in [7, 11) is -4.27. The Morgan fingerprint density at radius 2 is 1.17 bits per heavy atom. The Balaban J connectivity index is 1.70. The van der Waals surface area contributed by atoms with Crippen LogP contribution < -0.4 is 4.74 Å². The van der Waals surface area contributed by atoms with E-state index in [0.717, 1.165) is 74.8 Å². The second-order valence-corrected chi connectivity index (χ2v) is 11.2. The summed E-state index contributed by atoms with van der Waals surface area (Å²) in [5.41, 5.74) is 1.64. The molecule has 0 atom stereocenters. The van der Waals surface area contributed by atoms with E-state index >= 15 is 0 Å². The fourth-order valence-corrected chi connectivity index (χ4v) is 7.08. The third-order valence-corrected chi connectivity index (χ3v) is 8.67. The molecule has 1 aromatic rings. The molecule has 168 valence electrons. The molecule has 0 spiro atoms. The van der Waals surface area contributed by atoms with Crippen molar-refractivity contribution in [2.75, 3.05) is 6.61 Å². The maximum atomic E-state index is 12.6. The second kappa shape index (κ2) is 10.0. The van der Waals surface area contributed by atoms with E-state index in [1.165, 1.54) is 44.9 Å². The van der Waals surface area contributed by atoms with Crippen molar-refractivity contribution in [3.63, 3.8) is 0 Å². The molecule has 0 bridgehead atoms. The minimum absolute atomic E-state index is 0.205. The lowest BCUT2D eigenvalue weighted by molar-refractivity contribution is 0.208. The zero-order valence-corrected chi connectivity index (χ0v) is 19.1. The smallest absolute Gasteiger partial charge is 0.295 e. The number of ether oxygens (including phenoxy) is 1. The SMILES string of the molecule is O=S(=O)(O)c1c(C2CCCCC2)cc(OCC2CCCCC2)cc1C1CCCCC1. The highest BCUT2D eigenvalue weighted by atomic mass is 32.2. The maximum absolute atomic E-state index is 12.6. The molecule has 4 rings (SSSR count). The van der Waals surface area contributed by atoms with E-state index in [1.807, 2.05) is 12.1 Å². The summed E-state index contributed by atoms with van der Waals surface area (Å²) in [6.45, 7) is 0.722. The van der Waals surface area contributed by atoms with E-state index in [4.69, 9.17) is 4.74 Å². The molecule has 0 saturated heterocycles. The lowest BCUT2D eigenvalue weighted by atomic mass is 9.79. The molecule has 0 heterocycles. The number of rotatable bonds is 6. The monoisotopic (exact) mass is 434 g/mol. The van der Waals surface area contributed by atoms with Gasteiger partial charge in [0.1, 0.15) is 10.6 Å². The quantitative estimate of drug-likeness (QED) is 0.490. The summed E-state index contributed by atoms with van der Waals surface area (Å²) in [5, 5.41) is 0. The molecule has 3 aliphatic carbocycles. The van der Waals surface area contributed by atoms with Crippen LogP contribution in [0.2, 0.25) is 0 Å². The Kier molecular flexibility index (Phi) is 7.40. The third-order valence-electron chi connectivity index (χ3n) is 7.68. The van der Waals surface area contributed by atoms with Gasteiger partial charge in [-0.3, -0.25) is 4.55 Å². The Morgan fingerprint density at radius 1 is 0.733 bits per heavy atom. The summed E-state index contributed by atoms with van der Waals surface area (Å²) in [6.07, 6.45) is 17.3. The van der Waals surface area contributed by atoms with Crippen LogP contribution in [0.3, 0.4) is 0 Å². The van der Waals surface area contributed by atoms with E-state index < -0.39 is 10.1 Å². The van der Waals surface area contributed by atoms with Gasteiger partial charge in [-0.15, -0.1) is 0 Å². The lowest BCUT2D eigenvalue weighted by Crippen LogP contribution is -2.18. The molecular formula is C25H38O4S. The molecule has 0 aliphatic heterocycles. The van der Waals surface area contributed by atoms with Crippen molar-refractivity contribution < 1.29 is 17.7 Å². The van der Waals surface area contributed by atoms with E-state index in [-0.39, 0.29) is 16.7 Å². The third kappa shape index (κ3) is 5.40. The number of hydrogen-bond acceptors (Lipinski definition) is 3. The second-order valence-electron chi connectivity index (χ2n) is 9.89. The molecule has 0 aromatic heterocycles. The van der Waals surface area contributed by atoms with E-state index in [2.05, 4.69) is 0 Å². The van der Waals surface area contributed by atoms with Crippen molar-refractivity contribution in [1.29, 1.82) is 0 Å². The van der Waals surface area contributed by atoms with Crippen LogP contribution in [0.1, 0.15) is 119 Å². The first kappa shape index (κ1) is 22.1. The standard InChI is InChI=1S/C25H38O4S/c26-30(27,28)25-23(20-12-6-2-7-13-20)16-22(29-18-19-10-4-1-5-11-19)17-24(25)21-14-8-3-9-15-21/h16-17,19-21H,1-15,18H2,(H,26,27,28). The zero-order valence-electron chi connectivity index (χ0n) is 18.3. The first-order valence-corrected chi connectivity index (χ1v) is 13.7. The van der Waals surface area contributed by atoms with Gasteiger partial charge in [0.25, 0.3) is 10.1 Å². The van der Waals surface area contributed by atoms with Gasteiger partial charge in [-0.25, -0.2) is 0 Å². The van der Waals surface area contributed by atoms with Gasteiger partial charge in [-0.1, -0.05) is 57.8 Å². The maximum Gasteiger partial charge on any atom is 0.295 e. The lowest BCUT2D eigenvalue weighted by Gasteiger charge is -2.30. The molecule has 3 aliphatic rings. The van der Waals surface area contributed by atoms with Crippen LogP contribution in [-0.2, 0) is 10.1 Å². The van der Waals surface area contributed by atoms with Crippen molar-refractivity contribution in [2.45, 2.75) is 113 Å². The predicted octanol–water partition coefficient (Wildman–Crippen LogP) is 6.99. The summed E-state index contributed by atoms with van der Waals surface area (Å²) < 4.78 is 41.7. The molecule has 0 amide bonds. The summed E-state index contributed by atoms with van der Waals surface area (Å²) >= 11 is 0. The molecule has 3 fully saturated rings. The van der Waals surface area contributed by atoms with Crippen LogP contribution in [0.5, 0.6) is 5.75 Å². The highest BCUT2D eigenvalue weighted by Gasteiger charge is 2.31. The van der Waals surface area contributed by atoms with Gasteiger partial charge in [0, 0.05) is 0 Å². The van der Waals surface area contributed by atoms with Crippen molar-refractivity contribution in [3.05, 3.63) is 23.3 Å². The molecule has 30 heavy (non-hydrogen) atoms. The van der Waals surface area contributed by atoms with Gasteiger partial charge in [-0.05, 0) is 79.5 Å². The van der Waals surface area contributed by atoms with Crippen LogP contribution in [-0.4, -0.2) is 19.6 Å². The van der Waals surface area contributed by atoms with Crippen molar-refractivity contribution in [1.82, 2.24) is 0 Å². The fourth-order valence-electron chi connectivity index (χ4n) is 6.03. The van der Waals surface area contributed by atoms with Gasteiger partial charge >= 0.3 is 0 Å². The van der Waals surface area contributed by atoms with Gasteiger partial charge in [0.05, 0.1) is 6.61 Å². The topological polar surface area (TPSA) is 63.6 Å². The van der Waals surface area contributed by atoms with Crippen molar-refractivity contribution in [2.24, 2.45) is 5.92 Å². The summed E-state index contributed by atoms with van der Waals surface area (Å²) in [4.78, 5) is 0.214. The average molecular weight is 435 g/mol. The Morgan fingerprint density at radius 3 is 1.60 bits per heavy atom. The van der Waals surface area contributed by atoms with Crippen molar-refractivity contribution >= 4 is 10.1 Å². The molecular weight excluding hydrogens is 396 g/mol. The molecule has 1 aromatic carbocycles. The first-order chi connectivity index (χ1) is 14.5. The molecule has 1 N–H and O–H groups in total. The summed E-state index contributed by atoms with van der Waals surface area (Å²) in [5.74, 6) is 1.83. The Bertz CT molecular complexity index is 759. The first-order valence-electron chi connectivity index (χ1n) is 12.3. The Labute approximate surface area is 182 Å². The van der Waals surface area contributed by atoms with Crippen LogP contribution in [0.25, 0.3) is 0 Å². The minimum atomic E-state index is -4.27. The average Bonchev–Trinajstić information content (AvgIpc) is 2.78. The zero-order chi connectivity index (χ0) is 21.0. The highest BCUT2D eigenvalue weighted by Crippen LogP contribution is 2.44. The van der Waals surface area contributed by atoms with Crippen LogP contribution in [0.4, 0.5) is 0 Å². The highest BCUT2D eigenvalue weighted by molar-refractivity contribution is 7.86. The number of benzene rings is 1. The normalized spacial score (nSPS) is 22.8. The minimum Gasteiger partial charge on any atom is -0.493 e. The largest absolute Gasteiger partial charge is 0.493 e. The summed E-state index contributed by atoms with van der Waals surface area (Å²) in [6, 6.07) is 3.91. The van der Waals surface area contributed by atoms with Crippen LogP contribution >= 0.6 is 0 Å². The van der Waals surface area contributed by atoms with Gasteiger partial charge < -0.3 is 4.74 Å². The molecule has 0 unspecified atom stereocenters. The van der Waals surface area contributed by atoms with Gasteiger partial charge in [0.2, 0.25) is 0 Å². The van der Waals surface area contributed by atoms with Crippen LogP contribution in [0, 0.1) is 5.92 Å². The van der Waals surface area contributed by atoms with Crippen molar-refractivity contribution in [3.8, 4) is 5.75 Å². The van der Waals surface area contributed by atoms with E-state index in [9.17, 15) is 13.0 Å². The molecule has 3 saturated carbocycles. The Hall–Kier alpha value is -1.07. The van der Waals surface area contributed by atoms with E-state index in [0.29, 0.717) is 5.92 Å². The molecule has 5 heteroatoms. The fraction of sp³-hybridized carbons (Fsp3) is 0.760. The van der Waals surface area contributed by atoms with Gasteiger partial charge in [0.15, 0.2) is 0 Å². The van der Waals surface area contributed by atoms with E-state index in [1.54, 1.807) is 0 Å². The molecule has 4 nitrogen and oxygen atoms in total. The molecule has 0 radical (unpaired) electrons. The van der Waals surface area contributed by atoms with Crippen LogP contribution in [0.15, 0.2) is 17.0 Å².